The first-order valence-electron chi connectivity index (χ1n) is 12.2. The minimum Gasteiger partial charge on any atom is -0.341 e. The van der Waals surface area contributed by atoms with Crippen molar-refractivity contribution in [2.45, 2.75) is 26.6 Å². The van der Waals surface area contributed by atoms with Gasteiger partial charge < -0.3 is 14.5 Å². The molecule has 0 spiro atoms. The highest BCUT2D eigenvalue weighted by Gasteiger charge is 2.34. The molecule has 5 aromatic rings. The summed E-state index contributed by atoms with van der Waals surface area (Å²) in [5, 5.41) is 6.65. The molecule has 1 aromatic carbocycles. The van der Waals surface area contributed by atoms with Crippen molar-refractivity contribution in [1.29, 1.82) is 0 Å². The minimum absolute atomic E-state index is 0.0978. The lowest BCUT2D eigenvalue weighted by atomic mass is 9.99. The maximum absolute atomic E-state index is 13.4. The van der Waals surface area contributed by atoms with E-state index >= 15 is 0 Å². The molecule has 2 N–H and O–H groups in total. The van der Waals surface area contributed by atoms with Crippen LogP contribution >= 0.6 is 11.3 Å². The number of anilines is 1. The number of carbonyl (C=O) groups is 1. The van der Waals surface area contributed by atoms with Gasteiger partial charge in [0.15, 0.2) is 11.1 Å². The average molecular weight is 568 g/mol. The molecule has 0 radical (unpaired) electrons. The highest BCUT2D eigenvalue weighted by Crippen LogP contribution is 2.39. The van der Waals surface area contributed by atoms with Gasteiger partial charge >= 0.3 is 12.2 Å². The van der Waals surface area contributed by atoms with Gasteiger partial charge in [0.05, 0.1) is 24.1 Å². The van der Waals surface area contributed by atoms with Crippen molar-refractivity contribution in [3.8, 4) is 21.7 Å². The first kappa shape index (κ1) is 27.1. The van der Waals surface area contributed by atoms with E-state index in [0.717, 1.165) is 22.4 Å². The minimum atomic E-state index is -4.61. The molecule has 0 aliphatic rings. The molecule has 0 atom stereocenters. The predicted molar refractivity (Wildman–Crippen MR) is 147 cm³/mol. The van der Waals surface area contributed by atoms with Crippen LogP contribution in [0.1, 0.15) is 23.9 Å². The lowest BCUT2D eigenvalue weighted by molar-refractivity contribution is -0.140. The van der Waals surface area contributed by atoms with Crippen LogP contribution in [-0.2, 0) is 19.8 Å². The number of halogens is 3. The third kappa shape index (κ3) is 5.45. The van der Waals surface area contributed by atoms with E-state index in [1.165, 1.54) is 12.3 Å². The van der Waals surface area contributed by atoms with Crippen LogP contribution in [0.15, 0.2) is 59.4 Å². The number of pyridine rings is 2. The van der Waals surface area contributed by atoms with E-state index in [4.69, 9.17) is 0 Å². The van der Waals surface area contributed by atoms with Gasteiger partial charge in [0.1, 0.15) is 10.8 Å². The van der Waals surface area contributed by atoms with E-state index in [2.05, 4.69) is 25.6 Å². The van der Waals surface area contributed by atoms with E-state index < -0.39 is 17.9 Å². The summed E-state index contributed by atoms with van der Waals surface area (Å²) in [5.74, 6) is 0.141. The lowest BCUT2D eigenvalue weighted by Gasteiger charge is -2.14. The van der Waals surface area contributed by atoms with Gasteiger partial charge in [-0.2, -0.15) is 13.2 Å². The smallest absolute Gasteiger partial charge is 0.341 e. The first-order chi connectivity index (χ1) is 19.0. The zero-order valence-electron chi connectivity index (χ0n) is 21.7. The van der Waals surface area contributed by atoms with Crippen LogP contribution in [0, 0.1) is 6.92 Å². The molecule has 4 aromatic heterocycles. The van der Waals surface area contributed by atoms with Crippen molar-refractivity contribution in [1.82, 2.24) is 29.4 Å². The summed E-state index contributed by atoms with van der Waals surface area (Å²) in [4.78, 5) is 37.7. The summed E-state index contributed by atoms with van der Waals surface area (Å²) in [6.45, 7) is 4.31. The maximum Gasteiger partial charge on any atom is 0.434 e. The third-order valence-corrected chi connectivity index (χ3v) is 7.04. The number of aryl methyl sites for hydroxylation is 2. The Morgan fingerprint density at radius 1 is 1.12 bits per heavy atom. The average Bonchev–Trinajstić information content (AvgIpc) is 3.56. The highest BCUT2D eigenvalue weighted by molar-refractivity contribution is 7.13. The van der Waals surface area contributed by atoms with Crippen molar-refractivity contribution in [3.63, 3.8) is 0 Å². The van der Waals surface area contributed by atoms with Crippen LogP contribution in [0.4, 0.5) is 23.8 Å². The number of nitrogens with zero attached hydrogens (tertiary/aromatic N) is 5. The molecule has 0 bridgehead atoms. The normalized spacial score (nSPS) is 11.7. The Hall–Kier alpha value is -4.52. The van der Waals surface area contributed by atoms with Gasteiger partial charge in [-0.3, -0.25) is 10.1 Å². The molecule has 2 amide bonds. The number of imidazole rings is 1. The Bertz CT molecular complexity index is 1790. The molecule has 206 valence electrons. The highest BCUT2D eigenvalue weighted by atomic mass is 32.1. The summed E-state index contributed by atoms with van der Waals surface area (Å²) in [5.41, 5.74) is 2.23. The van der Waals surface area contributed by atoms with E-state index in [1.54, 1.807) is 44.6 Å². The quantitative estimate of drug-likeness (QED) is 0.284. The Morgan fingerprint density at radius 2 is 1.93 bits per heavy atom. The zero-order valence-corrected chi connectivity index (χ0v) is 22.5. The standard InChI is InChI=1S/C27H24F3N7O2S/c1-4-31-26(39)35-23-8-18(25-34-22(13-40-25)27(28,29)30)20(9-32-23)16-5-6-21-19(7-16)24(38)15(2)10-37(21)12-17-11-36(3)14-33-17/h5-11,13-14H,4,12H2,1-3H3,(H2,31,32,35,39). The largest absolute Gasteiger partial charge is 0.434 e. The van der Waals surface area contributed by atoms with Crippen molar-refractivity contribution in [2.24, 2.45) is 7.05 Å². The van der Waals surface area contributed by atoms with E-state index in [1.807, 2.05) is 22.4 Å². The van der Waals surface area contributed by atoms with E-state index in [9.17, 15) is 22.8 Å². The number of fused-ring (bicyclic) bond motifs is 1. The van der Waals surface area contributed by atoms with Crippen LogP contribution in [0.3, 0.4) is 0 Å². The number of hydrogen-bond acceptors (Lipinski definition) is 6. The molecule has 0 saturated carbocycles. The number of rotatable bonds is 6. The van der Waals surface area contributed by atoms with E-state index in [0.29, 0.717) is 46.2 Å². The molecule has 0 aliphatic carbocycles. The topological polar surface area (TPSA) is 107 Å². The number of hydrogen-bond donors (Lipinski definition) is 2. The molecule has 0 aliphatic heterocycles. The number of carbonyl (C=O) groups excluding carboxylic acids is 1. The summed E-state index contributed by atoms with van der Waals surface area (Å²) >= 11 is 0.829. The van der Waals surface area contributed by atoms with Crippen LogP contribution in [-0.4, -0.2) is 36.7 Å². The molecule has 40 heavy (non-hydrogen) atoms. The zero-order chi connectivity index (χ0) is 28.6. The van der Waals surface area contributed by atoms with Gasteiger partial charge in [-0.15, -0.1) is 11.3 Å². The summed E-state index contributed by atoms with van der Waals surface area (Å²) in [7, 11) is 1.88. The van der Waals surface area contributed by atoms with Crippen LogP contribution in [0.2, 0.25) is 0 Å². The van der Waals surface area contributed by atoms with Crippen molar-refractivity contribution < 1.29 is 18.0 Å². The second kappa shape index (κ2) is 10.6. The number of benzene rings is 1. The SMILES string of the molecule is CCNC(=O)Nc1cc(-c2nc(C(F)(F)F)cs2)c(-c2ccc3c(c2)c(=O)c(C)cn3Cc2cn(C)cn2)cn1. The van der Waals surface area contributed by atoms with E-state index in [-0.39, 0.29) is 16.3 Å². The van der Waals surface area contributed by atoms with Gasteiger partial charge in [0, 0.05) is 59.6 Å². The molecular weight excluding hydrogens is 543 g/mol. The van der Waals surface area contributed by atoms with Gasteiger partial charge in [-0.1, -0.05) is 6.07 Å². The number of thiazole rings is 1. The molecule has 13 heteroatoms. The fourth-order valence-corrected chi connectivity index (χ4v) is 5.20. The Labute approximate surface area is 230 Å². The van der Waals surface area contributed by atoms with Crippen LogP contribution in [0.5, 0.6) is 0 Å². The van der Waals surface area contributed by atoms with Crippen LogP contribution in [0.25, 0.3) is 32.6 Å². The number of aromatic nitrogens is 5. The Balaban J connectivity index is 1.64. The van der Waals surface area contributed by atoms with Gasteiger partial charge in [-0.05, 0) is 37.6 Å². The van der Waals surface area contributed by atoms with Crippen LogP contribution < -0.4 is 16.1 Å². The molecule has 0 fully saturated rings. The molecular formula is C27H24F3N7O2S. The fourth-order valence-electron chi connectivity index (χ4n) is 4.34. The number of amides is 2. The predicted octanol–water partition coefficient (Wildman–Crippen LogP) is 5.44. The number of urea groups is 1. The lowest BCUT2D eigenvalue weighted by Crippen LogP contribution is -2.28. The monoisotopic (exact) mass is 567 g/mol. The molecule has 4 heterocycles. The summed E-state index contributed by atoms with van der Waals surface area (Å²) in [6.07, 6.45) is 2.22. The second-order valence-electron chi connectivity index (χ2n) is 9.17. The van der Waals surface area contributed by atoms with Crippen molar-refractivity contribution in [3.05, 3.63) is 81.7 Å². The number of nitrogens with one attached hydrogen (secondary N) is 2. The molecule has 5 rings (SSSR count). The molecule has 0 unspecified atom stereocenters. The number of alkyl halides is 3. The molecule has 0 saturated heterocycles. The van der Waals surface area contributed by atoms with Crippen molar-refractivity contribution in [2.75, 3.05) is 11.9 Å². The van der Waals surface area contributed by atoms with Gasteiger partial charge in [-0.25, -0.2) is 19.7 Å². The Morgan fingerprint density at radius 3 is 2.60 bits per heavy atom. The second-order valence-corrected chi connectivity index (χ2v) is 10.0. The summed E-state index contributed by atoms with van der Waals surface area (Å²) in [6, 6.07) is 6.25. The molecule has 9 nitrogen and oxygen atoms in total. The summed E-state index contributed by atoms with van der Waals surface area (Å²) < 4.78 is 43.8. The van der Waals surface area contributed by atoms with Gasteiger partial charge in [0.25, 0.3) is 0 Å². The van der Waals surface area contributed by atoms with Crippen molar-refractivity contribution >= 4 is 34.1 Å². The Kier molecular flexibility index (Phi) is 7.15. The maximum atomic E-state index is 13.4. The third-order valence-electron chi connectivity index (χ3n) is 6.17. The fraction of sp³-hybridized carbons (Fsp3) is 0.222. The first-order valence-corrected chi connectivity index (χ1v) is 13.1. The van der Waals surface area contributed by atoms with Gasteiger partial charge in [0.2, 0.25) is 0 Å².